The quantitative estimate of drug-likeness (QED) is 0.731. The zero-order valence-electron chi connectivity index (χ0n) is 8.74. The van der Waals surface area contributed by atoms with Gasteiger partial charge in [0.2, 0.25) is 0 Å². The number of hydrogen-bond acceptors (Lipinski definition) is 4. The Morgan fingerprint density at radius 1 is 1.79 bits per heavy atom. The van der Waals surface area contributed by atoms with Crippen molar-refractivity contribution in [1.29, 1.82) is 0 Å². The molecule has 0 aromatic rings. The third kappa shape index (κ3) is 2.21. The Labute approximate surface area is 88.4 Å². The van der Waals surface area contributed by atoms with Crippen molar-refractivity contribution in [3.05, 3.63) is 0 Å². The van der Waals surface area contributed by atoms with Gasteiger partial charge in [-0.3, -0.25) is 10.1 Å². The van der Waals surface area contributed by atoms with Crippen molar-refractivity contribution in [2.75, 3.05) is 19.5 Å². The molecule has 0 radical (unpaired) electrons. The highest BCUT2D eigenvalue weighted by Gasteiger charge is 2.44. The Morgan fingerprint density at radius 2 is 2.43 bits per heavy atom. The van der Waals surface area contributed by atoms with E-state index in [9.17, 15) is 4.79 Å². The van der Waals surface area contributed by atoms with Crippen LogP contribution < -0.4 is 5.32 Å². The van der Waals surface area contributed by atoms with Crippen LogP contribution in [-0.4, -0.2) is 41.5 Å². The lowest BCUT2D eigenvalue weighted by Gasteiger charge is -2.32. The van der Waals surface area contributed by atoms with E-state index in [1.165, 1.54) is 0 Å². The van der Waals surface area contributed by atoms with Crippen molar-refractivity contribution >= 4 is 17.7 Å². The minimum absolute atomic E-state index is 0.238. The van der Waals surface area contributed by atoms with Gasteiger partial charge >= 0.3 is 5.97 Å². The fourth-order valence-corrected chi connectivity index (χ4v) is 2.99. The molecule has 5 heteroatoms. The smallest absolute Gasteiger partial charge is 0.321 e. The van der Waals surface area contributed by atoms with Crippen LogP contribution >= 0.6 is 11.8 Å². The molecule has 4 nitrogen and oxygen atoms in total. The Hall–Kier alpha value is -0.260. The van der Waals surface area contributed by atoms with Crippen molar-refractivity contribution in [1.82, 2.24) is 5.32 Å². The van der Waals surface area contributed by atoms with Crippen molar-refractivity contribution in [3.63, 3.8) is 0 Å². The summed E-state index contributed by atoms with van der Waals surface area (Å²) < 4.78 is 5.14. The van der Waals surface area contributed by atoms with E-state index in [4.69, 9.17) is 9.84 Å². The molecule has 1 unspecified atom stereocenters. The van der Waals surface area contributed by atoms with Crippen LogP contribution in [0.4, 0.5) is 0 Å². The van der Waals surface area contributed by atoms with E-state index >= 15 is 0 Å². The van der Waals surface area contributed by atoms with E-state index in [1.54, 1.807) is 18.9 Å². The number of rotatable bonds is 4. The first kappa shape index (κ1) is 11.8. The fraction of sp³-hybridized carbons (Fsp3) is 0.889. The van der Waals surface area contributed by atoms with Gasteiger partial charge in [0.05, 0.1) is 11.5 Å². The van der Waals surface area contributed by atoms with Gasteiger partial charge in [-0.1, -0.05) is 13.8 Å². The number of carboxylic acids is 1. The molecule has 82 valence electrons. The Balaban J connectivity index is 2.69. The van der Waals surface area contributed by atoms with Crippen molar-refractivity contribution < 1.29 is 14.6 Å². The molecule has 0 aromatic carbocycles. The molecule has 0 saturated carbocycles. The summed E-state index contributed by atoms with van der Waals surface area (Å²) in [7, 11) is 1.64. The minimum atomic E-state index is -0.781. The van der Waals surface area contributed by atoms with Gasteiger partial charge in [-0.2, -0.15) is 0 Å². The van der Waals surface area contributed by atoms with Crippen molar-refractivity contribution in [2.24, 2.45) is 5.92 Å². The van der Waals surface area contributed by atoms with Crippen LogP contribution in [0.25, 0.3) is 0 Å². The minimum Gasteiger partial charge on any atom is -0.480 e. The van der Waals surface area contributed by atoms with Crippen LogP contribution in [0.5, 0.6) is 0 Å². The lowest BCUT2D eigenvalue weighted by Crippen LogP contribution is -2.51. The summed E-state index contributed by atoms with van der Waals surface area (Å²) in [5.74, 6) is 0.171. The lowest BCUT2D eigenvalue weighted by atomic mass is 10.0. The average molecular weight is 219 g/mol. The van der Waals surface area contributed by atoms with Crippen LogP contribution in [0.2, 0.25) is 0 Å². The van der Waals surface area contributed by atoms with Crippen LogP contribution in [-0.2, 0) is 9.53 Å². The van der Waals surface area contributed by atoms with Crippen LogP contribution in [0.3, 0.4) is 0 Å². The predicted molar refractivity (Wildman–Crippen MR) is 56.5 cm³/mol. The second kappa shape index (κ2) is 4.51. The second-order valence-electron chi connectivity index (χ2n) is 3.82. The molecule has 1 saturated heterocycles. The van der Waals surface area contributed by atoms with Gasteiger partial charge in [0.1, 0.15) is 6.04 Å². The first-order valence-corrected chi connectivity index (χ1v) is 5.64. The second-order valence-corrected chi connectivity index (χ2v) is 5.17. The molecular weight excluding hydrogens is 202 g/mol. The molecule has 1 aliphatic rings. The van der Waals surface area contributed by atoms with E-state index < -0.39 is 12.0 Å². The Morgan fingerprint density at radius 3 is 2.79 bits per heavy atom. The number of methoxy groups -OCH3 is 1. The first-order valence-electron chi connectivity index (χ1n) is 4.65. The van der Waals surface area contributed by atoms with Crippen molar-refractivity contribution in [3.8, 4) is 0 Å². The number of carboxylic acid groups (broad SMARTS) is 1. The van der Waals surface area contributed by atoms with Gasteiger partial charge in [-0.05, 0) is 5.92 Å². The van der Waals surface area contributed by atoms with Gasteiger partial charge in [0, 0.05) is 12.9 Å². The van der Waals surface area contributed by atoms with E-state index in [-0.39, 0.29) is 4.87 Å². The van der Waals surface area contributed by atoms with Gasteiger partial charge in [0.25, 0.3) is 0 Å². The molecule has 0 spiro atoms. The number of thioether (sulfide) groups is 1. The molecule has 2 N–H and O–H groups in total. The third-order valence-corrected chi connectivity index (χ3v) is 4.24. The number of carbonyl (C=O) groups is 1. The maximum absolute atomic E-state index is 10.8. The molecule has 0 amide bonds. The van der Waals surface area contributed by atoms with Crippen molar-refractivity contribution in [2.45, 2.75) is 24.8 Å². The molecular formula is C9H17NO3S. The molecule has 0 aromatic heterocycles. The number of ether oxygens (including phenoxy) is 1. The molecule has 0 aliphatic carbocycles. The number of nitrogens with one attached hydrogen (secondary N) is 1. The normalized spacial score (nSPS) is 32.4. The van der Waals surface area contributed by atoms with Crippen LogP contribution in [0.1, 0.15) is 13.8 Å². The van der Waals surface area contributed by atoms with Gasteiger partial charge in [0.15, 0.2) is 0 Å². The van der Waals surface area contributed by atoms with Gasteiger partial charge < -0.3 is 9.84 Å². The standard InChI is InChI=1S/C9H17NO3S/c1-6(2)9(5-13-3)10-7(4-14-9)8(11)12/h6-7,10H,4-5H2,1-3H3,(H,11,12)/t7-,9?/m0/s1. The molecule has 2 atom stereocenters. The average Bonchev–Trinajstić information content (AvgIpc) is 2.50. The SMILES string of the molecule is COCC1(C(C)C)N[C@H](C(=O)O)CS1. The fourth-order valence-electron chi connectivity index (χ4n) is 1.54. The Bertz CT molecular complexity index is 222. The van der Waals surface area contributed by atoms with E-state index in [2.05, 4.69) is 19.2 Å². The first-order chi connectivity index (χ1) is 6.52. The third-order valence-electron chi connectivity index (χ3n) is 2.52. The summed E-state index contributed by atoms with van der Waals surface area (Å²) in [6, 6.07) is -0.447. The molecule has 0 bridgehead atoms. The largest absolute Gasteiger partial charge is 0.480 e. The monoisotopic (exact) mass is 219 g/mol. The van der Waals surface area contributed by atoms with Gasteiger partial charge in [-0.15, -0.1) is 11.8 Å². The number of hydrogen-bond donors (Lipinski definition) is 2. The molecule has 1 fully saturated rings. The molecule has 1 heterocycles. The van der Waals surface area contributed by atoms with Crippen LogP contribution in [0, 0.1) is 5.92 Å². The summed E-state index contributed by atoms with van der Waals surface area (Å²) in [4.78, 5) is 10.6. The summed E-state index contributed by atoms with van der Waals surface area (Å²) in [6.07, 6.45) is 0. The van der Waals surface area contributed by atoms with Crippen LogP contribution in [0.15, 0.2) is 0 Å². The summed E-state index contributed by atoms with van der Waals surface area (Å²) >= 11 is 1.64. The Kier molecular flexibility index (Phi) is 3.80. The summed E-state index contributed by atoms with van der Waals surface area (Å²) in [5.41, 5.74) is 0. The summed E-state index contributed by atoms with van der Waals surface area (Å²) in [6.45, 7) is 4.69. The maximum atomic E-state index is 10.8. The zero-order valence-corrected chi connectivity index (χ0v) is 9.56. The number of aliphatic carboxylic acids is 1. The highest BCUT2D eigenvalue weighted by molar-refractivity contribution is 8.01. The molecule has 1 rings (SSSR count). The van der Waals surface area contributed by atoms with Gasteiger partial charge in [-0.25, -0.2) is 0 Å². The van der Waals surface area contributed by atoms with E-state index in [1.807, 2.05) is 0 Å². The lowest BCUT2D eigenvalue weighted by molar-refractivity contribution is -0.139. The van der Waals surface area contributed by atoms with E-state index in [0.29, 0.717) is 18.3 Å². The highest BCUT2D eigenvalue weighted by Crippen LogP contribution is 2.36. The van der Waals surface area contributed by atoms with E-state index in [0.717, 1.165) is 0 Å². The zero-order chi connectivity index (χ0) is 10.8. The summed E-state index contributed by atoms with van der Waals surface area (Å²) in [5, 5.41) is 12.0. The molecule has 14 heavy (non-hydrogen) atoms. The predicted octanol–water partition coefficient (Wildman–Crippen LogP) is 0.775. The topological polar surface area (TPSA) is 58.6 Å². The molecule has 1 aliphatic heterocycles. The maximum Gasteiger partial charge on any atom is 0.321 e. The highest BCUT2D eigenvalue weighted by atomic mass is 32.2.